The summed E-state index contributed by atoms with van der Waals surface area (Å²) in [6.07, 6.45) is 58.7. The molecule has 1 unspecified atom stereocenters. The molecule has 51 heavy (non-hydrogen) atoms. The molecule has 0 spiro atoms. The summed E-state index contributed by atoms with van der Waals surface area (Å²) in [5.41, 5.74) is 0. The molecule has 1 atom stereocenters. The molecular weight excluding hydrogens is 629 g/mol. The molecule has 1 N–H and O–H groups in total. The molecule has 0 aliphatic rings. The van der Waals surface area contributed by atoms with Crippen LogP contribution in [0.5, 0.6) is 0 Å². The predicted molar refractivity (Wildman–Crippen MR) is 223 cm³/mol. The zero-order valence-electron chi connectivity index (χ0n) is 33.9. The van der Waals surface area contributed by atoms with Gasteiger partial charge in [-0.05, 0) is 77.0 Å². The molecule has 0 saturated heterocycles. The summed E-state index contributed by atoms with van der Waals surface area (Å²) in [5, 5.41) is 9.59. The van der Waals surface area contributed by atoms with Gasteiger partial charge in [0.15, 0.2) is 0 Å². The minimum atomic E-state index is -0.557. The fourth-order valence-electron chi connectivity index (χ4n) is 6.08. The Morgan fingerprint density at radius 1 is 0.490 bits per heavy atom. The quantitative estimate of drug-likeness (QED) is 0.0390. The third kappa shape index (κ3) is 42.4. The Morgan fingerprint density at radius 2 is 0.882 bits per heavy atom. The highest BCUT2D eigenvalue weighted by Gasteiger charge is 2.13. The van der Waals surface area contributed by atoms with E-state index in [0.717, 1.165) is 51.4 Å². The van der Waals surface area contributed by atoms with Gasteiger partial charge in [0, 0.05) is 13.0 Å². The van der Waals surface area contributed by atoms with Crippen molar-refractivity contribution in [3.8, 4) is 0 Å². The van der Waals surface area contributed by atoms with E-state index in [1.54, 1.807) is 0 Å². The first-order chi connectivity index (χ1) is 25.2. The molecule has 4 nitrogen and oxygen atoms in total. The van der Waals surface area contributed by atoms with Crippen molar-refractivity contribution in [1.82, 2.24) is 0 Å². The van der Waals surface area contributed by atoms with Crippen LogP contribution in [0.4, 0.5) is 0 Å². The number of allylic oxidation sites excluding steroid dienone is 10. The molecule has 0 aliphatic heterocycles. The summed E-state index contributed by atoms with van der Waals surface area (Å²) in [6, 6.07) is 0. The van der Waals surface area contributed by atoms with E-state index in [4.69, 9.17) is 9.47 Å². The number of carbonyl (C=O) groups is 1. The van der Waals surface area contributed by atoms with E-state index in [1.165, 1.54) is 135 Å². The van der Waals surface area contributed by atoms with Crippen molar-refractivity contribution in [2.45, 2.75) is 213 Å². The lowest BCUT2D eigenvalue weighted by molar-refractivity contribution is -0.154. The molecule has 0 bridgehead atoms. The Balaban J connectivity index is 3.45. The molecule has 0 rings (SSSR count). The third-order valence-corrected chi connectivity index (χ3v) is 9.33. The van der Waals surface area contributed by atoms with Gasteiger partial charge in [-0.25, -0.2) is 0 Å². The van der Waals surface area contributed by atoms with Crippen LogP contribution < -0.4 is 0 Å². The number of ether oxygens (including phenoxy) is 2. The summed E-state index contributed by atoms with van der Waals surface area (Å²) in [5.74, 6) is -0.241. The topological polar surface area (TPSA) is 55.8 Å². The van der Waals surface area contributed by atoms with Crippen molar-refractivity contribution in [3.63, 3.8) is 0 Å². The number of aliphatic hydroxyl groups excluding tert-OH is 1. The molecule has 0 saturated carbocycles. The van der Waals surface area contributed by atoms with Crippen LogP contribution in [-0.2, 0) is 14.3 Å². The van der Waals surface area contributed by atoms with Gasteiger partial charge in [0.1, 0.15) is 6.10 Å². The SMILES string of the molecule is CC/C=C\C/C=C\C/C=C\C/C=C\CCCCC(=O)OC(CO)COCCCCCCCCCCCCCC/C=C\CCCCCCCCCC. The van der Waals surface area contributed by atoms with Gasteiger partial charge in [0.2, 0.25) is 0 Å². The van der Waals surface area contributed by atoms with Crippen LogP contribution in [0, 0.1) is 0 Å². The molecule has 0 aromatic rings. The van der Waals surface area contributed by atoms with E-state index in [9.17, 15) is 9.90 Å². The van der Waals surface area contributed by atoms with Crippen molar-refractivity contribution >= 4 is 5.97 Å². The Morgan fingerprint density at radius 3 is 1.35 bits per heavy atom. The Labute approximate surface area is 317 Å². The highest BCUT2D eigenvalue weighted by Crippen LogP contribution is 2.14. The number of hydrogen-bond donors (Lipinski definition) is 1. The minimum absolute atomic E-state index is 0.190. The van der Waals surface area contributed by atoms with E-state index in [-0.39, 0.29) is 19.2 Å². The zero-order valence-corrected chi connectivity index (χ0v) is 33.9. The van der Waals surface area contributed by atoms with Gasteiger partial charge in [0.05, 0.1) is 13.2 Å². The van der Waals surface area contributed by atoms with Crippen molar-refractivity contribution in [2.75, 3.05) is 19.8 Å². The number of rotatable bonds is 40. The number of carbonyl (C=O) groups excluding carboxylic acids is 1. The van der Waals surface area contributed by atoms with Crippen molar-refractivity contribution in [1.29, 1.82) is 0 Å². The van der Waals surface area contributed by atoms with Crippen molar-refractivity contribution < 1.29 is 19.4 Å². The lowest BCUT2D eigenvalue weighted by atomic mass is 10.0. The summed E-state index contributed by atoms with van der Waals surface area (Å²) < 4.78 is 11.1. The normalized spacial score (nSPS) is 12.9. The second-order valence-corrected chi connectivity index (χ2v) is 14.4. The molecule has 0 aromatic carbocycles. The number of esters is 1. The minimum Gasteiger partial charge on any atom is -0.457 e. The number of aliphatic hydroxyl groups is 1. The Kier molecular flexibility index (Phi) is 42.6. The second-order valence-electron chi connectivity index (χ2n) is 14.4. The first-order valence-corrected chi connectivity index (χ1v) is 21.9. The molecular formula is C47H84O4. The summed E-state index contributed by atoms with van der Waals surface area (Å²) in [6.45, 7) is 5.19. The van der Waals surface area contributed by atoms with E-state index in [1.807, 2.05) is 0 Å². The van der Waals surface area contributed by atoms with Gasteiger partial charge in [0.25, 0.3) is 0 Å². The van der Waals surface area contributed by atoms with Crippen LogP contribution in [-0.4, -0.2) is 37.0 Å². The number of hydrogen-bond acceptors (Lipinski definition) is 4. The van der Waals surface area contributed by atoms with Gasteiger partial charge < -0.3 is 14.6 Å². The Hall–Kier alpha value is -1.91. The van der Waals surface area contributed by atoms with Gasteiger partial charge in [-0.1, -0.05) is 184 Å². The van der Waals surface area contributed by atoms with Gasteiger partial charge in [-0.3, -0.25) is 4.79 Å². The second kappa shape index (κ2) is 44.3. The van der Waals surface area contributed by atoms with E-state index in [2.05, 4.69) is 74.6 Å². The largest absolute Gasteiger partial charge is 0.457 e. The first kappa shape index (κ1) is 49.1. The molecule has 0 radical (unpaired) electrons. The molecule has 0 heterocycles. The molecule has 0 amide bonds. The summed E-state index contributed by atoms with van der Waals surface area (Å²) in [7, 11) is 0. The lowest BCUT2D eigenvalue weighted by Gasteiger charge is -2.15. The fraction of sp³-hybridized carbons (Fsp3) is 0.766. The molecule has 0 aromatic heterocycles. The smallest absolute Gasteiger partial charge is 0.306 e. The van der Waals surface area contributed by atoms with E-state index < -0.39 is 6.10 Å². The van der Waals surface area contributed by atoms with E-state index >= 15 is 0 Å². The maximum absolute atomic E-state index is 12.2. The highest BCUT2D eigenvalue weighted by atomic mass is 16.6. The standard InChI is InChI=1S/C47H84O4/c1-3-5-7-9-11-13-15-17-19-20-21-22-23-24-25-26-27-29-31-33-35-37-39-41-43-50-45-46(44-48)51-47(49)42-40-38-36-34-32-30-28-18-16-14-12-10-8-6-4-2/h6,8,12,14,18,20-21,28,32,34,46,48H,3-5,7,9-11,13,15-17,19,22-27,29-31,33,35-45H2,1-2H3/b8-6-,14-12-,21-20-,28-18-,34-32-. The van der Waals surface area contributed by atoms with Gasteiger partial charge >= 0.3 is 5.97 Å². The predicted octanol–water partition coefficient (Wildman–Crippen LogP) is 14.4. The first-order valence-electron chi connectivity index (χ1n) is 21.9. The Bertz CT molecular complexity index is 839. The van der Waals surface area contributed by atoms with Crippen LogP contribution in [0.1, 0.15) is 206 Å². The van der Waals surface area contributed by atoms with Crippen molar-refractivity contribution in [2.24, 2.45) is 0 Å². The molecule has 0 aliphatic carbocycles. The highest BCUT2D eigenvalue weighted by molar-refractivity contribution is 5.69. The average Bonchev–Trinajstić information content (AvgIpc) is 3.14. The van der Waals surface area contributed by atoms with Crippen LogP contribution in [0.2, 0.25) is 0 Å². The number of unbranched alkanes of at least 4 members (excludes halogenated alkanes) is 22. The monoisotopic (exact) mass is 713 g/mol. The lowest BCUT2D eigenvalue weighted by Crippen LogP contribution is -2.27. The zero-order chi connectivity index (χ0) is 37.0. The van der Waals surface area contributed by atoms with Gasteiger partial charge in [-0.2, -0.15) is 0 Å². The van der Waals surface area contributed by atoms with Crippen LogP contribution in [0.25, 0.3) is 0 Å². The molecule has 0 fully saturated rings. The molecule has 296 valence electrons. The van der Waals surface area contributed by atoms with Crippen LogP contribution >= 0.6 is 0 Å². The molecule has 4 heteroatoms. The van der Waals surface area contributed by atoms with Gasteiger partial charge in [-0.15, -0.1) is 0 Å². The van der Waals surface area contributed by atoms with Crippen LogP contribution in [0.15, 0.2) is 60.8 Å². The van der Waals surface area contributed by atoms with Crippen molar-refractivity contribution in [3.05, 3.63) is 60.8 Å². The van der Waals surface area contributed by atoms with E-state index in [0.29, 0.717) is 13.0 Å². The summed E-state index contributed by atoms with van der Waals surface area (Å²) in [4.78, 5) is 12.2. The summed E-state index contributed by atoms with van der Waals surface area (Å²) >= 11 is 0. The maximum atomic E-state index is 12.2. The third-order valence-electron chi connectivity index (χ3n) is 9.33. The fourth-order valence-corrected chi connectivity index (χ4v) is 6.08. The maximum Gasteiger partial charge on any atom is 0.306 e. The van der Waals surface area contributed by atoms with Crippen LogP contribution in [0.3, 0.4) is 0 Å². The average molecular weight is 713 g/mol.